The van der Waals surface area contributed by atoms with E-state index in [0.29, 0.717) is 6.61 Å². The zero-order chi connectivity index (χ0) is 9.52. The Morgan fingerprint density at radius 1 is 1.54 bits per heavy atom. The molecule has 13 heavy (non-hydrogen) atoms. The van der Waals surface area contributed by atoms with Crippen molar-refractivity contribution in [1.29, 1.82) is 0 Å². The van der Waals surface area contributed by atoms with Crippen molar-refractivity contribution in [3.8, 4) is 0 Å². The Hall–Kier alpha value is -0.870. The fraction of sp³-hybridized carbons (Fsp3) is 0.667. The summed E-state index contributed by atoms with van der Waals surface area (Å²) in [6, 6.07) is 0. The van der Waals surface area contributed by atoms with E-state index in [1.165, 1.54) is 0 Å². The van der Waals surface area contributed by atoms with Crippen molar-refractivity contribution >= 4 is 0 Å². The van der Waals surface area contributed by atoms with E-state index in [9.17, 15) is 0 Å². The highest BCUT2D eigenvalue weighted by Gasteiger charge is 2.02. The van der Waals surface area contributed by atoms with Crippen LogP contribution in [0.1, 0.15) is 11.6 Å². The third-order valence-electron chi connectivity index (χ3n) is 1.75. The first-order chi connectivity index (χ1) is 6.36. The largest absolute Gasteiger partial charge is 0.449 e. The molecule has 1 heterocycles. The van der Waals surface area contributed by atoms with Gasteiger partial charge in [0.1, 0.15) is 6.26 Å². The maximum Gasteiger partial charge on any atom is 0.196 e. The van der Waals surface area contributed by atoms with Crippen molar-refractivity contribution in [1.82, 2.24) is 10.3 Å². The second kappa shape index (κ2) is 5.72. The molecule has 4 nitrogen and oxygen atoms in total. The molecule has 0 saturated carbocycles. The maximum absolute atomic E-state index is 5.24. The summed E-state index contributed by atoms with van der Waals surface area (Å²) in [6.45, 7) is 1.59. The van der Waals surface area contributed by atoms with Crippen molar-refractivity contribution in [2.24, 2.45) is 0 Å². The van der Waals surface area contributed by atoms with Gasteiger partial charge in [-0.3, -0.25) is 0 Å². The molecule has 0 spiro atoms. The van der Waals surface area contributed by atoms with E-state index in [0.717, 1.165) is 31.0 Å². The predicted molar refractivity (Wildman–Crippen MR) is 49.7 cm³/mol. The van der Waals surface area contributed by atoms with E-state index < -0.39 is 0 Å². The van der Waals surface area contributed by atoms with Gasteiger partial charge in [-0.1, -0.05) is 0 Å². The summed E-state index contributed by atoms with van der Waals surface area (Å²) in [6.07, 6.45) is 3.37. The van der Waals surface area contributed by atoms with Gasteiger partial charge >= 0.3 is 0 Å². The van der Waals surface area contributed by atoms with Crippen molar-refractivity contribution in [2.45, 2.75) is 12.8 Å². The zero-order valence-corrected chi connectivity index (χ0v) is 8.17. The average molecular weight is 184 g/mol. The normalized spacial score (nSPS) is 10.6. The van der Waals surface area contributed by atoms with E-state index in [2.05, 4.69) is 10.3 Å². The summed E-state index contributed by atoms with van der Waals surface area (Å²) in [5.41, 5.74) is 1.00. The van der Waals surface area contributed by atoms with Crippen LogP contribution in [-0.2, 0) is 17.6 Å². The van der Waals surface area contributed by atoms with Crippen molar-refractivity contribution in [3.05, 3.63) is 17.8 Å². The molecule has 1 rings (SSSR count). The Labute approximate surface area is 78.3 Å². The van der Waals surface area contributed by atoms with E-state index >= 15 is 0 Å². The highest BCUT2D eigenvalue weighted by molar-refractivity contribution is 4.97. The van der Waals surface area contributed by atoms with E-state index in [1.807, 2.05) is 7.05 Å². The van der Waals surface area contributed by atoms with E-state index in [1.54, 1.807) is 13.4 Å². The SMILES string of the molecule is CNCCc1coc(CCOC)n1. The first-order valence-corrected chi connectivity index (χ1v) is 4.43. The lowest BCUT2D eigenvalue weighted by molar-refractivity contribution is 0.195. The number of hydrogen-bond donors (Lipinski definition) is 1. The first kappa shape index (κ1) is 10.2. The Morgan fingerprint density at radius 2 is 2.38 bits per heavy atom. The molecule has 0 aliphatic carbocycles. The number of likely N-dealkylation sites (N-methyl/N-ethyl adjacent to an activating group) is 1. The van der Waals surface area contributed by atoms with Crippen LogP contribution in [-0.4, -0.2) is 32.3 Å². The van der Waals surface area contributed by atoms with Crippen LogP contribution in [0.4, 0.5) is 0 Å². The second-order valence-electron chi connectivity index (χ2n) is 2.83. The van der Waals surface area contributed by atoms with Crippen LogP contribution in [0.25, 0.3) is 0 Å². The van der Waals surface area contributed by atoms with Gasteiger partial charge < -0.3 is 14.5 Å². The van der Waals surface area contributed by atoms with E-state index in [-0.39, 0.29) is 0 Å². The summed E-state index contributed by atoms with van der Waals surface area (Å²) < 4.78 is 10.2. The predicted octanol–water partition coefficient (Wildman–Crippen LogP) is 0.625. The average Bonchev–Trinajstić information content (AvgIpc) is 2.59. The van der Waals surface area contributed by atoms with Crippen molar-refractivity contribution in [2.75, 3.05) is 27.3 Å². The van der Waals surface area contributed by atoms with Gasteiger partial charge in [0.05, 0.1) is 12.3 Å². The fourth-order valence-electron chi connectivity index (χ4n) is 1.02. The standard InChI is InChI=1S/C9H16N2O2/c1-10-5-3-8-7-13-9(11-8)4-6-12-2/h7,10H,3-6H2,1-2H3. The maximum atomic E-state index is 5.24. The lowest BCUT2D eigenvalue weighted by Gasteiger charge is -1.93. The van der Waals surface area contributed by atoms with Crippen LogP contribution in [0.5, 0.6) is 0 Å². The smallest absolute Gasteiger partial charge is 0.196 e. The molecule has 0 aliphatic heterocycles. The third kappa shape index (κ3) is 3.57. The van der Waals surface area contributed by atoms with Crippen molar-refractivity contribution < 1.29 is 9.15 Å². The van der Waals surface area contributed by atoms with Crippen LogP contribution in [0.2, 0.25) is 0 Å². The van der Waals surface area contributed by atoms with Crippen LogP contribution in [0, 0.1) is 0 Å². The molecule has 1 aromatic heterocycles. The molecule has 0 bridgehead atoms. The number of ether oxygens (including phenoxy) is 1. The number of nitrogens with zero attached hydrogens (tertiary/aromatic N) is 1. The Kier molecular flexibility index (Phi) is 4.49. The molecule has 0 amide bonds. The number of methoxy groups -OCH3 is 1. The molecule has 0 atom stereocenters. The highest BCUT2D eigenvalue weighted by atomic mass is 16.5. The molecule has 0 aromatic carbocycles. The third-order valence-corrected chi connectivity index (χ3v) is 1.75. The van der Waals surface area contributed by atoms with Crippen LogP contribution < -0.4 is 5.32 Å². The molecule has 4 heteroatoms. The van der Waals surface area contributed by atoms with Gasteiger partial charge in [0.25, 0.3) is 0 Å². The fourth-order valence-corrected chi connectivity index (χ4v) is 1.02. The quantitative estimate of drug-likeness (QED) is 0.704. The van der Waals surface area contributed by atoms with Crippen LogP contribution >= 0.6 is 0 Å². The van der Waals surface area contributed by atoms with Gasteiger partial charge in [0.15, 0.2) is 5.89 Å². The van der Waals surface area contributed by atoms with Gasteiger partial charge in [0.2, 0.25) is 0 Å². The minimum atomic E-state index is 0.659. The van der Waals surface area contributed by atoms with E-state index in [4.69, 9.17) is 9.15 Å². The Balaban J connectivity index is 2.34. The zero-order valence-electron chi connectivity index (χ0n) is 8.17. The number of oxazole rings is 1. The number of aromatic nitrogens is 1. The summed E-state index contributed by atoms with van der Waals surface area (Å²) in [5, 5.41) is 3.06. The van der Waals surface area contributed by atoms with Crippen molar-refractivity contribution in [3.63, 3.8) is 0 Å². The minimum Gasteiger partial charge on any atom is -0.449 e. The van der Waals surface area contributed by atoms with Gasteiger partial charge in [0, 0.05) is 26.5 Å². The lowest BCUT2D eigenvalue weighted by atomic mass is 10.3. The lowest BCUT2D eigenvalue weighted by Crippen LogP contribution is -2.10. The van der Waals surface area contributed by atoms with Crippen LogP contribution in [0.3, 0.4) is 0 Å². The molecule has 0 fully saturated rings. The van der Waals surface area contributed by atoms with Gasteiger partial charge in [-0.05, 0) is 7.05 Å². The monoisotopic (exact) mass is 184 g/mol. The molecular formula is C9H16N2O2. The Morgan fingerprint density at radius 3 is 3.08 bits per heavy atom. The van der Waals surface area contributed by atoms with Gasteiger partial charge in [-0.25, -0.2) is 4.98 Å². The number of hydrogen-bond acceptors (Lipinski definition) is 4. The molecular weight excluding hydrogens is 168 g/mol. The summed E-state index contributed by atoms with van der Waals surface area (Å²) >= 11 is 0. The van der Waals surface area contributed by atoms with Gasteiger partial charge in [-0.2, -0.15) is 0 Å². The number of nitrogens with one attached hydrogen (secondary N) is 1. The Bertz CT molecular complexity index is 213. The molecule has 0 aliphatic rings. The molecule has 1 N–H and O–H groups in total. The molecule has 0 radical (unpaired) electrons. The number of rotatable bonds is 6. The second-order valence-corrected chi connectivity index (χ2v) is 2.83. The minimum absolute atomic E-state index is 0.659. The molecule has 74 valence electrons. The summed E-state index contributed by atoms with van der Waals surface area (Å²) in [4.78, 5) is 4.30. The van der Waals surface area contributed by atoms with Crippen LogP contribution in [0.15, 0.2) is 10.7 Å². The molecule has 0 unspecified atom stereocenters. The summed E-state index contributed by atoms with van der Waals surface area (Å²) in [5.74, 6) is 0.757. The first-order valence-electron chi connectivity index (χ1n) is 4.43. The molecule has 1 aromatic rings. The highest BCUT2D eigenvalue weighted by Crippen LogP contribution is 2.03. The summed E-state index contributed by atoms with van der Waals surface area (Å²) in [7, 11) is 3.59. The topological polar surface area (TPSA) is 47.3 Å². The van der Waals surface area contributed by atoms with Gasteiger partial charge in [-0.15, -0.1) is 0 Å². The molecule has 0 saturated heterocycles.